The van der Waals surface area contributed by atoms with E-state index in [1.165, 1.54) is 41.7 Å². The third kappa shape index (κ3) is 6.41. The third-order valence-corrected chi connectivity index (χ3v) is 3.70. The average molecular weight is 356 g/mol. The number of nitrogens with one attached hydrogen (secondary N) is 1. The minimum Gasteiger partial charge on any atom is -0.406 e. The SMILES string of the molecule is Cc1nc(C=CC(=O)NCCc2ccc(OC(F)(F)F)cc2)cs1. The van der Waals surface area contributed by atoms with Crippen LogP contribution in [0.3, 0.4) is 0 Å². The van der Waals surface area contributed by atoms with Crippen LogP contribution in [-0.2, 0) is 11.2 Å². The molecule has 0 saturated carbocycles. The van der Waals surface area contributed by atoms with E-state index >= 15 is 0 Å². The molecule has 0 aliphatic heterocycles. The molecule has 0 spiro atoms. The van der Waals surface area contributed by atoms with Crippen LogP contribution in [0.15, 0.2) is 35.7 Å². The standard InChI is InChI=1S/C16H15F3N2O2S/c1-11-21-13(10-24-11)4-7-15(22)20-9-8-12-2-5-14(6-3-12)23-16(17,18)19/h2-7,10H,8-9H2,1H3,(H,20,22). The van der Waals surface area contributed by atoms with E-state index in [4.69, 9.17) is 0 Å². The Morgan fingerprint density at radius 2 is 2.04 bits per heavy atom. The van der Waals surface area contributed by atoms with Gasteiger partial charge in [0.2, 0.25) is 5.91 Å². The number of benzene rings is 1. The number of hydrogen-bond donors (Lipinski definition) is 1. The summed E-state index contributed by atoms with van der Waals surface area (Å²) in [7, 11) is 0. The molecule has 1 aromatic carbocycles. The first kappa shape index (κ1) is 18.0. The summed E-state index contributed by atoms with van der Waals surface area (Å²) in [4.78, 5) is 15.9. The van der Waals surface area contributed by atoms with E-state index in [0.29, 0.717) is 13.0 Å². The second kappa shape index (κ2) is 7.96. The number of aryl methyl sites for hydroxylation is 1. The number of halogens is 3. The lowest BCUT2D eigenvalue weighted by Crippen LogP contribution is -2.23. The highest BCUT2D eigenvalue weighted by atomic mass is 32.1. The molecule has 1 amide bonds. The topological polar surface area (TPSA) is 51.2 Å². The van der Waals surface area contributed by atoms with Gasteiger partial charge in [-0.05, 0) is 37.1 Å². The summed E-state index contributed by atoms with van der Waals surface area (Å²) in [5.74, 6) is -0.519. The van der Waals surface area contributed by atoms with Gasteiger partial charge in [-0.15, -0.1) is 24.5 Å². The van der Waals surface area contributed by atoms with Gasteiger partial charge in [-0.2, -0.15) is 0 Å². The highest BCUT2D eigenvalue weighted by Gasteiger charge is 2.30. The van der Waals surface area contributed by atoms with Crippen LogP contribution in [0.25, 0.3) is 6.08 Å². The molecule has 1 heterocycles. The molecule has 128 valence electrons. The Morgan fingerprint density at radius 1 is 1.33 bits per heavy atom. The molecular formula is C16H15F3N2O2S. The van der Waals surface area contributed by atoms with Gasteiger partial charge in [-0.1, -0.05) is 12.1 Å². The van der Waals surface area contributed by atoms with Gasteiger partial charge in [-0.25, -0.2) is 4.98 Å². The average Bonchev–Trinajstić information content (AvgIpc) is 2.91. The molecule has 0 atom stereocenters. The van der Waals surface area contributed by atoms with Crippen LogP contribution in [0.5, 0.6) is 5.75 Å². The molecular weight excluding hydrogens is 341 g/mol. The van der Waals surface area contributed by atoms with Crippen LogP contribution in [0.2, 0.25) is 0 Å². The van der Waals surface area contributed by atoms with E-state index in [-0.39, 0.29) is 11.7 Å². The molecule has 2 aromatic rings. The van der Waals surface area contributed by atoms with Crippen LogP contribution < -0.4 is 10.1 Å². The second-order valence-electron chi connectivity index (χ2n) is 4.86. The molecule has 2 rings (SSSR count). The number of amides is 1. The van der Waals surface area contributed by atoms with E-state index in [1.54, 1.807) is 6.08 Å². The van der Waals surface area contributed by atoms with Crippen molar-refractivity contribution in [2.75, 3.05) is 6.54 Å². The molecule has 0 fully saturated rings. The van der Waals surface area contributed by atoms with E-state index in [9.17, 15) is 18.0 Å². The van der Waals surface area contributed by atoms with Crippen LogP contribution >= 0.6 is 11.3 Å². The summed E-state index contributed by atoms with van der Waals surface area (Å²) in [6.45, 7) is 2.26. The lowest BCUT2D eigenvalue weighted by atomic mass is 10.1. The Hall–Kier alpha value is -2.35. The third-order valence-electron chi connectivity index (χ3n) is 2.91. The van der Waals surface area contributed by atoms with Crippen LogP contribution in [0, 0.1) is 6.92 Å². The summed E-state index contributed by atoms with van der Waals surface area (Å²) < 4.78 is 39.9. The van der Waals surface area contributed by atoms with Gasteiger partial charge in [0.05, 0.1) is 10.7 Å². The summed E-state index contributed by atoms with van der Waals surface area (Å²) in [6, 6.07) is 5.55. The number of nitrogens with zero attached hydrogens (tertiary/aromatic N) is 1. The number of rotatable bonds is 6. The first-order valence-corrected chi connectivity index (χ1v) is 7.92. The monoisotopic (exact) mass is 356 g/mol. The maximum Gasteiger partial charge on any atom is 0.573 e. The molecule has 0 aliphatic carbocycles. The molecule has 4 nitrogen and oxygen atoms in total. The maximum absolute atomic E-state index is 12.0. The highest BCUT2D eigenvalue weighted by molar-refractivity contribution is 7.09. The molecule has 8 heteroatoms. The lowest BCUT2D eigenvalue weighted by molar-refractivity contribution is -0.274. The summed E-state index contributed by atoms with van der Waals surface area (Å²) >= 11 is 1.50. The highest BCUT2D eigenvalue weighted by Crippen LogP contribution is 2.22. The second-order valence-corrected chi connectivity index (χ2v) is 5.92. The fraction of sp³-hybridized carbons (Fsp3) is 0.250. The van der Waals surface area contributed by atoms with Crippen LogP contribution in [0.1, 0.15) is 16.3 Å². The van der Waals surface area contributed by atoms with E-state index < -0.39 is 6.36 Å². The van der Waals surface area contributed by atoms with Crippen molar-refractivity contribution in [1.29, 1.82) is 0 Å². The van der Waals surface area contributed by atoms with Gasteiger partial charge in [0.1, 0.15) is 5.75 Å². The predicted octanol–water partition coefficient (Wildman–Crippen LogP) is 3.72. The fourth-order valence-corrected chi connectivity index (χ4v) is 2.45. The van der Waals surface area contributed by atoms with Crippen molar-refractivity contribution in [3.05, 3.63) is 52.0 Å². The van der Waals surface area contributed by atoms with Crippen molar-refractivity contribution in [3.63, 3.8) is 0 Å². The van der Waals surface area contributed by atoms with Gasteiger partial charge in [-0.3, -0.25) is 4.79 Å². The number of carbonyl (C=O) groups excluding carboxylic acids is 1. The number of thiazole rings is 1. The molecule has 0 saturated heterocycles. The first-order valence-electron chi connectivity index (χ1n) is 7.04. The van der Waals surface area contributed by atoms with Gasteiger partial charge < -0.3 is 10.1 Å². The van der Waals surface area contributed by atoms with Crippen molar-refractivity contribution in [3.8, 4) is 5.75 Å². The van der Waals surface area contributed by atoms with Gasteiger partial charge in [0.25, 0.3) is 0 Å². The number of alkyl halides is 3. The molecule has 0 unspecified atom stereocenters. The van der Waals surface area contributed by atoms with Gasteiger partial charge in [0, 0.05) is 18.0 Å². The number of aromatic nitrogens is 1. The Morgan fingerprint density at radius 3 is 2.62 bits per heavy atom. The Balaban J connectivity index is 1.75. The first-order chi connectivity index (χ1) is 11.3. The predicted molar refractivity (Wildman–Crippen MR) is 85.7 cm³/mol. The Kier molecular flexibility index (Phi) is 5.97. The van der Waals surface area contributed by atoms with E-state index in [1.807, 2.05) is 12.3 Å². The maximum atomic E-state index is 12.0. The number of carbonyl (C=O) groups is 1. The molecule has 1 N–H and O–H groups in total. The zero-order valence-corrected chi connectivity index (χ0v) is 13.6. The molecule has 0 bridgehead atoms. The number of ether oxygens (including phenoxy) is 1. The van der Waals surface area contributed by atoms with Crippen molar-refractivity contribution in [2.45, 2.75) is 19.7 Å². The Labute approximate surface area is 141 Å². The van der Waals surface area contributed by atoms with E-state index in [2.05, 4.69) is 15.0 Å². The quantitative estimate of drug-likeness (QED) is 0.803. The van der Waals surface area contributed by atoms with Crippen molar-refractivity contribution >= 4 is 23.3 Å². The Bertz CT molecular complexity index is 709. The van der Waals surface area contributed by atoms with Crippen LogP contribution in [0.4, 0.5) is 13.2 Å². The lowest BCUT2D eigenvalue weighted by Gasteiger charge is -2.09. The van der Waals surface area contributed by atoms with Crippen LogP contribution in [-0.4, -0.2) is 23.8 Å². The fourth-order valence-electron chi connectivity index (χ4n) is 1.86. The molecule has 0 aliphatic rings. The van der Waals surface area contributed by atoms with Crippen molar-refractivity contribution in [1.82, 2.24) is 10.3 Å². The van der Waals surface area contributed by atoms with Crippen molar-refractivity contribution in [2.24, 2.45) is 0 Å². The van der Waals surface area contributed by atoms with Crippen molar-refractivity contribution < 1.29 is 22.7 Å². The molecule has 24 heavy (non-hydrogen) atoms. The normalized spacial score (nSPS) is 11.7. The number of hydrogen-bond acceptors (Lipinski definition) is 4. The molecule has 1 aromatic heterocycles. The summed E-state index contributed by atoms with van der Waals surface area (Å²) in [6.07, 6.45) is -1.17. The summed E-state index contributed by atoms with van der Waals surface area (Å²) in [5, 5.41) is 5.47. The largest absolute Gasteiger partial charge is 0.573 e. The van der Waals surface area contributed by atoms with Gasteiger partial charge >= 0.3 is 6.36 Å². The van der Waals surface area contributed by atoms with E-state index in [0.717, 1.165) is 16.3 Å². The smallest absolute Gasteiger partial charge is 0.406 e. The molecule has 0 radical (unpaired) electrons. The minimum absolute atomic E-state index is 0.252. The zero-order valence-electron chi connectivity index (χ0n) is 12.8. The minimum atomic E-state index is -4.70. The zero-order chi connectivity index (χ0) is 17.6. The summed E-state index contributed by atoms with van der Waals surface area (Å²) in [5.41, 5.74) is 1.52. The van der Waals surface area contributed by atoms with Gasteiger partial charge in [0.15, 0.2) is 0 Å².